The van der Waals surface area contributed by atoms with Crippen molar-refractivity contribution in [2.24, 2.45) is 11.8 Å². The van der Waals surface area contributed by atoms with Crippen LogP contribution in [0.15, 0.2) is 22.7 Å². The molecule has 0 bridgehead atoms. The summed E-state index contributed by atoms with van der Waals surface area (Å²) in [4.78, 5) is 0. The highest BCUT2D eigenvalue weighted by atomic mass is 79.9. The number of hydrogen-bond acceptors (Lipinski definition) is 2. The predicted molar refractivity (Wildman–Crippen MR) is 90.8 cm³/mol. The normalized spacial score (nSPS) is 23.8. The van der Waals surface area contributed by atoms with Gasteiger partial charge in [0, 0.05) is 0 Å². The smallest absolute Gasteiger partial charge is 0.133 e. The lowest BCUT2D eigenvalue weighted by Crippen LogP contribution is -2.27. The summed E-state index contributed by atoms with van der Waals surface area (Å²) in [5, 5.41) is 10.5. The van der Waals surface area contributed by atoms with Crippen LogP contribution < -0.4 is 4.74 Å². The van der Waals surface area contributed by atoms with Crippen molar-refractivity contribution in [1.82, 2.24) is 0 Å². The molecule has 0 aromatic heterocycles. The van der Waals surface area contributed by atoms with Gasteiger partial charge >= 0.3 is 0 Å². The molecular formula is C18H27BrO2. The maximum absolute atomic E-state index is 10.5. The molecule has 0 saturated heterocycles. The molecule has 21 heavy (non-hydrogen) atoms. The molecular weight excluding hydrogens is 328 g/mol. The Bertz CT molecular complexity index is 439. The summed E-state index contributed by atoms with van der Waals surface area (Å²) in [6.45, 7) is 2.27. The molecule has 1 aliphatic carbocycles. The van der Waals surface area contributed by atoms with Crippen molar-refractivity contribution in [2.75, 3.05) is 7.11 Å². The second-order valence-corrected chi connectivity index (χ2v) is 7.16. The summed E-state index contributed by atoms with van der Waals surface area (Å²) in [6, 6.07) is 6.07. The summed E-state index contributed by atoms with van der Waals surface area (Å²) in [5.74, 6) is 2.21. The van der Waals surface area contributed by atoms with Crippen LogP contribution >= 0.6 is 15.9 Å². The molecule has 1 aromatic carbocycles. The van der Waals surface area contributed by atoms with Crippen molar-refractivity contribution in [3.05, 3.63) is 28.2 Å². The van der Waals surface area contributed by atoms with Gasteiger partial charge in [-0.2, -0.15) is 0 Å². The molecule has 1 unspecified atom stereocenters. The van der Waals surface area contributed by atoms with Crippen LogP contribution in [0.5, 0.6) is 5.75 Å². The highest BCUT2D eigenvalue weighted by molar-refractivity contribution is 9.10. The number of halogens is 1. The quantitative estimate of drug-likeness (QED) is 0.781. The van der Waals surface area contributed by atoms with Crippen molar-refractivity contribution in [2.45, 2.75) is 58.0 Å². The molecule has 3 heteroatoms. The van der Waals surface area contributed by atoms with Gasteiger partial charge in [0.1, 0.15) is 5.75 Å². The average molecular weight is 355 g/mol. The van der Waals surface area contributed by atoms with Gasteiger partial charge < -0.3 is 9.84 Å². The largest absolute Gasteiger partial charge is 0.496 e. The number of aliphatic hydroxyl groups is 1. The van der Waals surface area contributed by atoms with E-state index >= 15 is 0 Å². The fraction of sp³-hybridized carbons (Fsp3) is 0.667. The number of methoxy groups -OCH3 is 1. The van der Waals surface area contributed by atoms with Crippen LogP contribution in [0, 0.1) is 11.8 Å². The van der Waals surface area contributed by atoms with Crippen molar-refractivity contribution >= 4 is 15.9 Å². The van der Waals surface area contributed by atoms with Gasteiger partial charge in [-0.3, -0.25) is 0 Å². The van der Waals surface area contributed by atoms with Crippen LogP contribution in [0.2, 0.25) is 0 Å². The zero-order valence-electron chi connectivity index (χ0n) is 13.1. The van der Waals surface area contributed by atoms with Gasteiger partial charge in [0.05, 0.1) is 17.7 Å². The Kier molecular flexibility index (Phi) is 6.56. The predicted octanol–water partition coefficient (Wildman–Crippen LogP) is 4.97. The number of benzene rings is 1. The molecule has 0 heterocycles. The van der Waals surface area contributed by atoms with Gasteiger partial charge in [0.2, 0.25) is 0 Å². The Labute approximate surface area is 137 Å². The molecule has 1 fully saturated rings. The van der Waals surface area contributed by atoms with E-state index in [1.807, 2.05) is 6.07 Å². The fourth-order valence-electron chi connectivity index (χ4n) is 3.51. The first-order valence-electron chi connectivity index (χ1n) is 8.14. The molecule has 2 nitrogen and oxygen atoms in total. The van der Waals surface area contributed by atoms with Crippen LogP contribution in [0.25, 0.3) is 0 Å². The van der Waals surface area contributed by atoms with Crippen molar-refractivity contribution in [1.29, 1.82) is 0 Å². The van der Waals surface area contributed by atoms with E-state index in [9.17, 15) is 5.11 Å². The lowest BCUT2D eigenvalue weighted by Gasteiger charge is -2.31. The zero-order chi connectivity index (χ0) is 15.2. The van der Waals surface area contributed by atoms with Gasteiger partial charge in [-0.1, -0.05) is 38.7 Å². The lowest BCUT2D eigenvalue weighted by atomic mass is 9.77. The standard InChI is InChI=1S/C18H27BrO2/c1-3-4-13-5-8-15(9-6-13)17(20)12-14-7-10-18(21-2)16(19)11-14/h7,10-11,13,15,17,20H,3-6,8-9,12H2,1-2H3. The van der Waals surface area contributed by atoms with E-state index in [0.29, 0.717) is 5.92 Å². The van der Waals surface area contributed by atoms with Crippen LogP contribution in [0.4, 0.5) is 0 Å². The fourth-order valence-corrected chi connectivity index (χ4v) is 4.10. The van der Waals surface area contributed by atoms with Crippen LogP contribution in [-0.4, -0.2) is 18.3 Å². The Morgan fingerprint density at radius 2 is 2.00 bits per heavy atom. The van der Waals surface area contributed by atoms with Crippen LogP contribution in [-0.2, 0) is 6.42 Å². The Morgan fingerprint density at radius 1 is 1.29 bits per heavy atom. The molecule has 2 rings (SSSR count). The molecule has 118 valence electrons. The topological polar surface area (TPSA) is 29.5 Å². The first kappa shape index (κ1) is 16.8. The lowest BCUT2D eigenvalue weighted by molar-refractivity contribution is 0.0728. The zero-order valence-corrected chi connectivity index (χ0v) is 14.7. The SMILES string of the molecule is CCCC1CCC(C(O)Cc2ccc(OC)c(Br)c2)CC1. The van der Waals surface area contributed by atoms with Crippen LogP contribution in [0.1, 0.15) is 51.0 Å². The van der Waals surface area contributed by atoms with Gasteiger partial charge in [-0.25, -0.2) is 0 Å². The first-order chi connectivity index (χ1) is 10.1. The maximum atomic E-state index is 10.5. The average Bonchev–Trinajstić information content (AvgIpc) is 2.48. The summed E-state index contributed by atoms with van der Waals surface area (Å²) in [5.41, 5.74) is 1.17. The second-order valence-electron chi connectivity index (χ2n) is 6.31. The third kappa shape index (κ3) is 4.72. The molecule has 1 atom stereocenters. The Morgan fingerprint density at radius 3 is 2.57 bits per heavy atom. The van der Waals surface area contributed by atoms with E-state index in [-0.39, 0.29) is 6.10 Å². The van der Waals surface area contributed by atoms with Crippen molar-refractivity contribution in [3.63, 3.8) is 0 Å². The number of rotatable bonds is 6. The third-order valence-corrected chi connectivity index (χ3v) is 5.41. The summed E-state index contributed by atoms with van der Waals surface area (Å²) < 4.78 is 6.21. The minimum absolute atomic E-state index is 0.215. The van der Waals surface area contributed by atoms with E-state index in [1.54, 1.807) is 7.11 Å². The highest BCUT2D eigenvalue weighted by Gasteiger charge is 2.26. The van der Waals surface area contributed by atoms with Gasteiger partial charge in [-0.05, 0) is 64.7 Å². The monoisotopic (exact) mass is 354 g/mol. The molecule has 1 N–H and O–H groups in total. The summed E-state index contributed by atoms with van der Waals surface area (Å²) in [6.07, 6.45) is 8.13. The summed E-state index contributed by atoms with van der Waals surface area (Å²) >= 11 is 3.51. The van der Waals surface area contributed by atoms with Crippen LogP contribution in [0.3, 0.4) is 0 Å². The molecule has 0 radical (unpaired) electrons. The third-order valence-electron chi connectivity index (χ3n) is 4.79. The van der Waals surface area contributed by atoms with E-state index < -0.39 is 0 Å². The van der Waals surface area contributed by atoms with Gasteiger partial charge in [-0.15, -0.1) is 0 Å². The number of ether oxygens (including phenoxy) is 1. The molecule has 1 aromatic rings. The van der Waals surface area contributed by atoms with E-state index in [4.69, 9.17) is 4.74 Å². The molecule has 1 saturated carbocycles. The Hall–Kier alpha value is -0.540. The van der Waals surface area contributed by atoms with E-state index in [0.717, 1.165) is 22.6 Å². The van der Waals surface area contributed by atoms with Crippen molar-refractivity contribution < 1.29 is 9.84 Å². The molecule has 0 aliphatic heterocycles. The minimum Gasteiger partial charge on any atom is -0.496 e. The first-order valence-corrected chi connectivity index (χ1v) is 8.93. The maximum Gasteiger partial charge on any atom is 0.133 e. The Balaban J connectivity index is 1.87. The minimum atomic E-state index is -0.215. The molecule has 0 amide bonds. The molecule has 1 aliphatic rings. The van der Waals surface area contributed by atoms with Gasteiger partial charge in [0.15, 0.2) is 0 Å². The second kappa shape index (κ2) is 8.19. The molecule has 0 spiro atoms. The number of hydrogen-bond donors (Lipinski definition) is 1. The van der Waals surface area contributed by atoms with Crippen molar-refractivity contribution in [3.8, 4) is 5.75 Å². The highest BCUT2D eigenvalue weighted by Crippen LogP contribution is 2.34. The summed E-state index contributed by atoms with van der Waals surface area (Å²) in [7, 11) is 1.67. The number of aliphatic hydroxyl groups excluding tert-OH is 1. The van der Waals surface area contributed by atoms with Gasteiger partial charge in [0.25, 0.3) is 0 Å². The van der Waals surface area contributed by atoms with E-state index in [2.05, 4.69) is 35.0 Å². The van der Waals surface area contributed by atoms with E-state index in [1.165, 1.54) is 44.1 Å².